The van der Waals surface area contributed by atoms with Crippen molar-refractivity contribution in [3.8, 4) is 0 Å². The summed E-state index contributed by atoms with van der Waals surface area (Å²) in [4.78, 5) is 14.9. The summed E-state index contributed by atoms with van der Waals surface area (Å²) in [6, 6.07) is 8.28. The molecule has 0 aliphatic carbocycles. The summed E-state index contributed by atoms with van der Waals surface area (Å²) in [5, 5.41) is 1.85. The van der Waals surface area contributed by atoms with Gasteiger partial charge in [0.1, 0.15) is 5.25 Å². The summed E-state index contributed by atoms with van der Waals surface area (Å²) in [5.74, 6) is -0.275. The number of halogens is 2. The van der Waals surface area contributed by atoms with Gasteiger partial charge in [0, 0.05) is 23.5 Å². The SMILES string of the molecule is O=C(c1ccc(Cl)c(Cl)c1)N1CCS(=O)(=O)C(c2cccs2)C1. The highest BCUT2D eigenvalue weighted by Crippen LogP contribution is 2.32. The van der Waals surface area contributed by atoms with Gasteiger partial charge in [0.2, 0.25) is 0 Å². The number of hydrogen-bond donors (Lipinski definition) is 0. The average molecular weight is 390 g/mol. The van der Waals surface area contributed by atoms with Crippen molar-refractivity contribution in [3.63, 3.8) is 0 Å². The normalized spacial score (nSPS) is 20.4. The van der Waals surface area contributed by atoms with Crippen LogP contribution >= 0.6 is 34.5 Å². The van der Waals surface area contributed by atoms with Crippen molar-refractivity contribution in [3.05, 3.63) is 56.2 Å². The van der Waals surface area contributed by atoms with E-state index in [1.54, 1.807) is 23.1 Å². The highest BCUT2D eigenvalue weighted by Gasteiger charge is 2.36. The van der Waals surface area contributed by atoms with Crippen molar-refractivity contribution in [2.45, 2.75) is 5.25 Å². The molecule has 1 saturated heterocycles. The van der Waals surface area contributed by atoms with Crippen LogP contribution in [-0.4, -0.2) is 38.1 Å². The predicted octanol–water partition coefficient (Wildman–Crippen LogP) is 3.67. The minimum atomic E-state index is -3.24. The van der Waals surface area contributed by atoms with Crippen LogP contribution in [0.1, 0.15) is 20.5 Å². The second-order valence-corrected chi connectivity index (χ2v) is 9.35. The third kappa shape index (κ3) is 3.40. The third-order valence-corrected chi connectivity index (χ3v) is 7.68. The first-order valence-corrected chi connectivity index (χ1v) is 10.2. The van der Waals surface area contributed by atoms with E-state index in [9.17, 15) is 13.2 Å². The molecule has 23 heavy (non-hydrogen) atoms. The molecule has 0 radical (unpaired) electrons. The van der Waals surface area contributed by atoms with Crippen LogP contribution in [0.3, 0.4) is 0 Å². The quantitative estimate of drug-likeness (QED) is 0.786. The van der Waals surface area contributed by atoms with Gasteiger partial charge < -0.3 is 4.90 Å². The number of hydrogen-bond acceptors (Lipinski definition) is 4. The Hall–Kier alpha value is -1.08. The largest absolute Gasteiger partial charge is 0.336 e. The van der Waals surface area contributed by atoms with Gasteiger partial charge in [0.05, 0.1) is 15.8 Å². The summed E-state index contributed by atoms with van der Waals surface area (Å²) in [6.45, 7) is 0.339. The molecule has 3 rings (SSSR count). The van der Waals surface area contributed by atoms with E-state index < -0.39 is 15.1 Å². The zero-order chi connectivity index (χ0) is 16.6. The molecule has 0 saturated carbocycles. The number of thiophene rings is 1. The Bertz CT molecular complexity index is 834. The highest BCUT2D eigenvalue weighted by atomic mass is 35.5. The van der Waals surface area contributed by atoms with Crippen molar-refractivity contribution in [2.24, 2.45) is 0 Å². The van der Waals surface area contributed by atoms with Crippen LogP contribution in [0, 0.1) is 0 Å². The Balaban J connectivity index is 1.86. The molecule has 1 aliphatic heterocycles. The van der Waals surface area contributed by atoms with E-state index in [1.807, 2.05) is 11.4 Å². The van der Waals surface area contributed by atoms with Crippen LogP contribution < -0.4 is 0 Å². The monoisotopic (exact) mass is 389 g/mol. The van der Waals surface area contributed by atoms with E-state index in [0.29, 0.717) is 15.6 Å². The molecule has 8 heteroatoms. The summed E-state index contributed by atoms with van der Waals surface area (Å²) >= 11 is 13.2. The first-order chi connectivity index (χ1) is 10.9. The number of carbonyl (C=O) groups is 1. The molecule has 0 spiro atoms. The van der Waals surface area contributed by atoms with E-state index in [0.717, 1.165) is 4.88 Å². The second kappa shape index (κ2) is 6.43. The van der Waals surface area contributed by atoms with Crippen LogP contribution in [0.25, 0.3) is 0 Å². The average Bonchev–Trinajstić information content (AvgIpc) is 3.03. The van der Waals surface area contributed by atoms with Gasteiger partial charge in [-0.15, -0.1) is 11.3 Å². The summed E-state index contributed by atoms with van der Waals surface area (Å²) in [7, 11) is -3.24. The number of sulfone groups is 1. The molecule has 2 heterocycles. The minimum Gasteiger partial charge on any atom is -0.336 e. The zero-order valence-corrected chi connectivity index (χ0v) is 15.1. The first-order valence-electron chi connectivity index (χ1n) is 6.88. The predicted molar refractivity (Wildman–Crippen MR) is 93.2 cm³/mol. The topological polar surface area (TPSA) is 54.5 Å². The lowest BCUT2D eigenvalue weighted by molar-refractivity contribution is 0.0759. The molecule has 0 N–H and O–H groups in total. The molecule has 122 valence electrons. The fourth-order valence-corrected chi connectivity index (χ4v) is 5.72. The van der Waals surface area contributed by atoms with Crippen LogP contribution in [0.2, 0.25) is 10.0 Å². The summed E-state index contributed by atoms with van der Waals surface area (Å²) in [6.07, 6.45) is 0. The van der Waals surface area contributed by atoms with E-state index >= 15 is 0 Å². The van der Waals surface area contributed by atoms with Crippen molar-refractivity contribution >= 4 is 50.3 Å². The number of carbonyl (C=O) groups excluding carboxylic acids is 1. The lowest BCUT2D eigenvalue weighted by Crippen LogP contribution is -2.45. The van der Waals surface area contributed by atoms with Crippen molar-refractivity contribution < 1.29 is 13.2 Å². The van der Waals surface area contributed by atoms with Gasteiger partial charge in [-0.2, -0.15) is 0 Å². The number of benzene rings is 1. The molecular weight excluding hydrogens is 377 g/mol. The molecule has 1 fully saturated rings. The Morgan fingerprint density at radius 2 is 2.00 bits per heavy atom. The maximum absolute atomic E-state index is 12.6. The summed E-state index contributed by atoms with van der Waals surface area (Å²) < 4.78 is 24.6. The number of rotatable bonds is 2. The molecule has 1 aromatic heterocycles. The van der Waals surface area contributed by atoms with Gasteiger partial charge in [0.25, 0.3) is 5.91 Å². The smallest absolute Gasteiger partial charge is 0.253 e. The zero-order valence-electron chi connectivity index (χ0n) is 11.9. The van der Waals surface area contributed by atoms with Crippen LogP contribution in [0.15, 0.2) is 35.7 Å². The standard InChI is InChI=1S/C15H13Cl2NO3S2/c16-11-4-3-10(8-12(11)17)15(19)18-5-7-23(20,21)14(9-18)13-2-1-6-22-13/h1-4,6,8,14H,5,7,9H2. The maximum Gasteiger partial charge on any atom is 0.253 e. The fourth-order valence-electron chi connectivity index (χ4n) is 2.52. The molecule has 1 aromatic carbocycles. The maximum atomic E-state index is 12.6. The molecule has 1 amide bonds. The first kappa shape index (κ1) is 16.8. The molecule has 1 unspecified atom stereocenters. The fraction of sp³-hybridized carbons (Fsp3) is 0.267. The molecule has 0 bridgehead atoms. The van der Waals surface area contributed by atoms with E-state index in [4.69, 9.17) is 23.2 Å². The second-order valence-electron chi connectivity index (χ2n) is 5.25. The van der Waals surface area contributed by atoms with E-state index in [-0.39, 0.29) is 24.7 Å². The van der Waals surface area contributed by atoms with Gasteiger partial charge in [0.15, 0.2) is 9.84 Å². The Labute approximate surface area is 148 Å². The van der Waals surface area contributed by atoms with Gasteiger partial charge in [-0.1, -0.05) is 29.3 Å². The molecule has 4 nitrogen and oxygen atoms in total. The molecule has 1 aliphatic rings. The number of nitrogens with zero attached hydrogens (tertiary/aromatic N) is 1. The Morgan fingerprint density at radius 3 is 2.65 bits per heavy atom. The molecule has 2 aromatic rings. The minimum absolute atomic E-state index is 0.0391. The van der Waals surface area contributed by atoms with Crippen LogP contribution in [0.4, 0.5) is 0 Å². The van der Waals surface area contributed by atoms with Crippen molar-refractivity contribution in [1.29, 1.82) is 0 Å². The van der Waals surface area contributed by atoms with E-state index in [2.05, 4.69) is 0 Å². The Kier molecular flexibility index (Phi) is 4.69. The summed E-state index contributed by atoms with van der Waals surface area (Å²) in [5.41, 5.74) is 0.406. The number of amides is 1. The van der Waals surface area contributed by atoms with E-state index in [1.165, 1.54) is 17.4 Å². The van der Waals surface area contributed by atoms with Gasteiger partial charge in [-0.3, -0.25) is 4.79 Å². The molecule has 1 atom stereocenters. The highest BCUT2D eigenvalue weighted by molar-refractivity contribution is 7.91. The lowest BCUT2D eigenvalue weighted by Gasteiger charge is -2.32. The van der Waals surface area contributed by atoms with Crippen LogP contribution in [0.5, 0.6) is 0 Å². The van der Waals surface area contributed by atoms with Gasteiger partial charge in [-0.05, 0) is 29.6 Å². The lowest BCUT2D eigenvalue weighted by atomic mass is 10.2. The van der Waals surface area contributed by atoms with Crippen molar-refractivity contribution in [2.75, 3.05) is 18.8 Å². The van der Waals surface area contributed by atoms with Gasteiger partial charge in [-0.25, -0.2) is 8.42 Å². The van der Waals surface area contributed by atoms with Gasteiger partial charge >= 0.3 is 0 Å². The Morgan fingerprint density at radius 1 is 1.22 bits per heavy atom. The van der Waals surface area contributed by atoms with Crippen LogP contribution in [-0.2, 0) is 9.84 Å². The van der Waals surface area contributed by atoms with Crippen molar-refractivity contribution in [1.82, 2.24) is 4.90 Å². The third-order valence-electron chi connectivity index (χ3n) is 3.78. The molecular formula is C15H13Cl2NO3S2.